The summed E-state index contributed by atoms with van der Waals surface area (Å²) in [5, 5.41) is 0.719. The van der Waals surface area contributed by atoms with Crippen molar-refractivity contribution in [3.05, 3.63) is 63.6 Å². The molecule has 1 aliphatic carbocycles. The highest BCUT2D eigenvalue weighted by Crippen LogP contribution is 2.58. The average Bonchev–Trinajstić information content (AvgIpc) is 2.73. The molecular weight excluding hydrogens is 459 g/mol. The van der Waals surface area contributed by atoms with Gasteiger partial charge in [-0.25, -0.2) is 0 Å². The van der Waals surface area contributed by atoms with Crippen LogP contribution < -0.4 is 21.9 Å². The second-order valence-electron chi connectivity index (χ2n) is 8.72. The number of carbonyl (C=O) groups excluding carboxylic acids is 1. The van der Waals surface area contributed by atoms with Crippen LogP contribution in [0.2, 0.25) is 10.0 Å². The van der Waals surface area contributed by atoms with Crippen molar-refractivity contribution in [2.75, 3.05) is 0 Å². The molecule has 1 saturated carbocycles. The molecule has 0 bridgehead atoms. The first-order valence-corrected chi connectivity index (χ1v) is 11.0. The van der Waals surface area contributed by atoms with E-state index in [1.807, 2.05) is 0 Å². The molecule has 2 aromatic carbocycles. The van der Waals surface area contributed by atoms with Gasteiger partial charge in [0.2, 0.25) is 0 Å². The molecule has 0 saturated heterocycles. The normalized spacial score (nSPS) is 31.4. The molecule has 9 heteroatoms. The van der Waals surface area contributed by atoms with Gasteiger partial charge in [-0.05, 0) is 55.2 Å². The van der Waals surface area contributed by atoms with Crippen LogP contribution in [0.5, 0.6) is 5.75 Å². The van der Waals surface area contributed by atoms with Crippen molar-refractivity contribution in [3.8, 4) is 5.75 Å². The maximum atomic E-state index is 12.6. The Morgan fingerprint density at radius 3 is 2.28 bits per heavy atom. The fourth-order valence-corrected chi connectivity index (χ4v) is 5.65. The highest BCUT2D eigenvalue weighted by Gasteiger charge is 2.65. The predicted octanol–water partition coefficient (Wildman–Crippen LogP) is 4.58. The van der Waals surface area contributed by atoms with Gasteiger partial charge >= 0.3 is 6.61 Å². The van der Waals surface area contributed by atoms with Gasteiger partial charge in [0.05, 0.1) is 11.1 Å². The largest absolute Gasteiger partial charge is 0.435 e. The summed E-state index contributed by atoms with van der Waals surface area (Å²) in [6, 6.07) is 10.6. The maximum absolute atomic E-state index is 12.6. The Morgan fingerprint density at radius 2 is 1.78 bits per heavy atom. The van der Waals surface area contributed by atoms with Gasteiger partial charge in [-0.15, -0.1) is 0 Å². The minimum absolute atomic E-state index is 0.0670. The second kappa shape index (κ2) is 8.88. The van der Waals surface area contributed by atoms with Crippen molar-refractivity contribution in [1.29, 1.82) is 0 Å². The first-order valence-electron chi connectivity index (χ1n) is 10.2. The van der Waals surface area contributed by atoms with Crippen molar-refractivity contribution >= 4 is 29.5 Å². The summed E-state index contributed by atoms with van der Waals surface area (Å²) in [5.41, 5.74) is 18.2. The summed E-state index contributed by atoms with van der Waals surface area (Å²) in [7, 11) is 0. The van der Waals surface area contributed by atoms with Gasteiger partial charge in [-0.1, -0.05) is 48.3 Å². The molecule has 1 aliphatic rings. The van der Waals surface area contributed by atoms with Crippen molar-refractivity contribution in [1.82, 2.24) is 0 Å². The number of hydrogen-bond acceptors (Lipinski definition) is 5. The van der Waals surface area contributed by atoms with E-state index in [1.54, 1.807) is 44.2 Å². The number of hydrogen-bond donors (Lipinski definition) is 3. The van der Waals surface area contributed by atoms with E-state index in [2.05, 4.69) is 4.74 Å². The Bertz CT molecular complexity index is 992. The van der Waals surface area contributed by atoms with Crippen molar-refractivity contribution < 1.29 is 18.3 Å². The van der Waals surface area contributed by atoms with E-state index in [4.69, 9.17) is 40.4 Å². The molecule has 5 nitrogen and oxygen atoms in total. The third kappa shape index (κ3) is 3.80. The number of carbonyl (C=O) groups is 1. The number of ether oxygens (including phenoxy) is 1. The monoisotopic (exact) mass is 485 g/mol. The maximum Gasteiger partial charge on any atom is 0.387 e. The molecule has 0 amide bonds. The van der Waals surface area contributed by atoms with Gasteiger partial charge in [0.15, 0.2) is 0 Å². The molecule has 0 aliphatic heterocycles. The zero-order valence-electron chi connectivity index (χ0n) is 17.8. The van der Waals surface area contributed by atoms with Crippen LogP contribution >= 0.6 is 23.2 Å². The first-order chi connectivity index (χ1) is 14.9. The molecule has 0 radical (unpaired) electrons. The molecule has 5 atom stereocenters. The Hall–Kier alpha value is -1.77. The van der Waals surface area contributed by atoms with E-state index in [0.717, 1.165) is 6.29 Å². The molecule has 2 aromatic rings. The smallest absolute Gasteiger partial charge is 0.387 e. The predicted molar refractivity (Wildman–Crippen MR) is 122 cm³/mol. The average molecular weight is 486 g/mol. The van der Waals surface area contributed by atoms with Gasteiger partial charge in [0, 0.05) is 27.4 Å². The Morgan fingerprint density at radius 1 is 1.16 bits per heavy atom. The van der Waals surface area contributed by atoms with Crippen LogP contribution in [0, 0.1) is 5.41 Å². The number of aldehydes is 1. The van der Waals surface area contributed by atoms with Crippen LogP contribution in [0.3, 0.4) is 0 Å². The summed E-state index contributed by atoms with van der Waals surface area (Å²) in [6.45, 7) is 0.513. The van der Waals surface area contributed by atoms with Crippen LogP contribution in [-0.4, -0.2) is 24.5 Å². The molecule has 3 rings (SSSR count). The molecule has 6 N–H and O–H groups in total. The lowest BCUT2D eigenvalue weighted by atomic mass is 9.46. The minimum atomic E-state index is -2.97. The third-order valence-electron chi connectivity index (χ3n) is 7.00. The van der Waals surface area contributed by atoms with Gasteiger partial charge in [0.1, 0.15) is 12.0 Å². The summed E-state index contributed by atoms with van der Waals surface area (Å²) >= 11 is 12.6. The molecule has 174 valence electrons. The standard InChI is InChI=1S/C23H27Cl2F2N3O2/c1-13(28)23(30)21(2,12-31)10-9-18(22(23,29)14-3-5-15(24)6-4-14)17-8-7-16(11-19(17)25)32-20(26)27/h3-8,11-13,18,20H,9-10,28-30H2,1-2H3. The van der Waals surface area contributed by atoms with E-state index in [-0.39, 0.29) is 10.8 Å². The molecule has 0 spiro atoms. The van der Waals surface area contributed by atoms with Crippen LogP contribution in [0.25, 0.3) is 0 Å². The molecule has 32 heavy (non-hydrogen) atoms. The zero-order valence-corrected chi connectivity index (χ0v) is 19.3. The lowest BCUT2D eigenvalue weighted by Crippen LogP contribution is -2.80. The number of halogens is 4. The van der Waals surface area contributed by atoms with Gasteiger partial charge < -0.3 is 26.7 Å². The summed E-state index contributed by atoms with van der Waals surface area (Å²) < 4.78 is 29.7. The first kappa shape index (κ1) is 24.9. The Labute approximate surface area is 196 Å². The van der Waals surface area contributed by atoms with Crippen molar-refractivity contribution in [2.45, 2.75) is 56.3 Å². The second-order valence-corrected chi connectivity index (χ2v) is 9.57. The van der Waals surface area contributed by atoms with Gasteiger partial charge in [-0.2, -0.15) is 8.78 Å². The lowest BCUT2D eigenvalue weighted by molar-refractivity contribution is -0.127. The molecule has 0 aromatic heterocycles. The summed E-state index contributed by atoms with van der Waals surface area (Å²) in [4.78, 5) is 12.3. The minimum Gasteiger partial charge on any atom is -0.435 e. The van der Waals surface area contributed by atoms with Crippen LogP contribution in [-0.2, 0) is 10.3 Å². The molecule has 1 fully saturated rings. The highest BCUT2D eigenvalue weighted by molar-refractivity contribution is 6.31. The number of benzene rings is 2. The fraction of sp³-hybridized carbons (Fsp3) is 0.435. The van der Waals surface area contributed by atoms with E-state index in [9.17, 15) is 13.6 Å². The zero-order chi connectivity index (χ0) is 23.9. The fourth-order valence-electron chi connectivity index (χ4n) is 5.23. The molecular formula is C23H27Cl2F2N3O2. The van der Waals surface area contributed by atoms with Crippen molar-refractivity contribution in [3.63, 3.8) is 0 Å². The van der Waals surface area contributed by atoms with Crippen LogP contribution in [0.15, 0.2) is 42.5 Å². The van der Waals surface area contributed by atoms with Gasteiger partial charge in [0.25, 0.3) is 0 Å². The quantitative estimate of drug-likeness (QED) is 0.519. The van der Waals surface area contributed by atoms with E-state index in [1.165, 1.54) is 12.1 Å². The van der Waals surface area contributed by atoms with E-state index >= 15 is 0 Å². The van der Waals surface area contributed by atoms with Gasteiger partial charge in [-0.3, -0.25) is 0 Å². The third-order valence-corrected chi connectivity index (χ3v) is 7.58. The molecule has 5 unspecified atom stereocenters. The SMILES string of the molecule is CC(N)C1(N)C(C)(C=O)CCC(c2ccc(OC(F)F)cc2Cl)C1(N)c1ccc(Cl)cc1. The summed E-state index contributed by atoms with van der Waals surface area (Å²) in [6.07, 6.45) is 1.71. The topological polar surface area (TPSA) is 104 Å². The molecule has 0 heterocycles. The number of nitrogens with two attached hydrogens (primary N) is 3. The van der Waals surface area contributed by atoms with E-state index < -0.39 is 35.1 Å². The number of alkyl halides is 2. The Kier molecular flexibility index (Phi) is 6.90. The van der Waals surface area contributed by atoms with Crippen LogP contribution in [0.1, 0.15) is 43.7 Å². The lowest BCUT2D eigenvalue weighted by Gasteiger charge is -2.62. The number of rotatable bonds is 6. The Balaban J connectivity index is 2.26. The van der Waals surface area contributed by atoms with Crippen molar-refractivity contribution in [2.24, 2.45) is 22.6 Å². The highest BCUT2D eigenvalue weighted by atomic mass is 35.5. The summed E-state index contributed by atoms with van der Waals surface area (Å²) in [5.74, 6) is -0.539. The van der Waals surface area contributed by atoms with Crippen LogP contribution in [0.4, 0.5) is 8.78 Å². The van der Waals surface area contributed by atoms with E-state index in [0.29, 0.717) is 29.0 Å².